The van der Waals surface area contributed by atoms with Crippen molar-refractivity contribution in [3.8, 4) is 0 Å². The van der Waals surface area contributed by atoms with Crippen LogP contribution in [-0.2, 0) is 24.2 Å². The molecule has 1 unspecified atom stereocenters. The molecule has 1 atom stereocenters. The Labute approximate surface area is 166 Å². The quantitative estimate of drug-likeness (QED) is 0.822. The van der Waals surface area contributed by atoms with E-state index in [0.717, 1.165) is 50.7 Å². The maximum Gasteiger partial charge on any atom is 0.122 e. The minimum Gasteiger partial charge on any atom is -0.384 e. The van der Waals surface area contributed by atoms with Crippen LogP contribution in [0.15, 0.2) is 23.6 Å². The number of hydrogen-bond acceptors (Lipinski definition) is 6. The number of fused-ring (bicyclic) bond motifs is 1. The number of anilines is 1. The van der Waals surface area contributed by atoms with Crippen LogP contribution in [0, 0.1) is 0 Å². The monoisotopic (exact) mass is 386 g/mol. The average Bonchev–Trinajstić information content (AvgIpc) is 3.29. The molecule has 0 spiro atoms. The summed E-state index contributed by atoms with van der Waals surface area (Å²) in [4.78, 5) is 9.91. The lowest BCUT2D eigenvalue weighted by atomic mass is 10.1. The first-order chi connectivity index (χ1) is 13.2. The molecule has 146 valence electrons. The number of hydrogen-bond donors (Lipinski definition) is 1. The third-order valence-corrected chi connectivity index (χ3v) is 6.72. The van der Waals surface area contributed by atoms with Crippen molar-refractivity contribution in [3.05, 3.63) is 45.4 Å². The lowest BCUT2D eigenvalue weighted by Crippen LogP contribution is -2.30. The molecule has 1 N–H and O–H groups in total. The maximum absolute atomic E-state index is 5.38. The Balaban J connectivity index is 1.33. The molecule has 0 aliphatic carbocycles. The first-order valence-electron chi connectivity index (χ1n) is 9.99. The fourth-order valence-corrected chi connectivity index (χ4v) is 4.88. The highest BCUT2D eigenvalue weighted by Crippen LogP contribution is 2.28. The van der Waals surface area contributed by atoms with Gasteiger partial charge in [-0.25, -0.2) is 4.98 Å². The maximum atomic E-state index is 5.38. The summed E-state index contributed by atoms with van der Waals surface area (Å²) >= 11 is 1.71. The molecule has 3 heterocycles. The van der Waals surface area contributed by atoms with Gasteiger partial charge in [-0.3, -0.25) is 9.80 Å². The second-order valence-corrected chi connectivity index (χ2v) is 8.48. The van der Waals surface area contributed by atoms with Crippen molar-refractivity contribution in [1.29, 1.82) is 0 Å². The predicted molar refractivity (Wildman–Crippen MR) is 111 cm³/mol. The van der Waals surface area contributed by atoms with Gasteiger partial charge in [0.1, 0.15) is 11.1 Å². The molecule has 0 bridgehead atoms. The van der Waals surface area contributed by atoms with Crippen LogP contribution in [0.2, 0.25) is 0 Å². The van der Waals surface area contributed by atoms with Gasteiger partial charge in [0.05, 0.1) is 5.69 Å². The van der Waals surface area contributed by atoms with Crippen molar-refractivity contribution in [2.45, 2.75) is 39.0 Å². The zero-order chi connectivity index (χ0) is 18.6. The smallest absolute Gasteiger partial charge is 0.122 e. The Bertz CT molecular complexity index is 762. The Kier molecular flexibility index (Phi) is 6.08. The van der Waals surface area contributed by atoms with Crippen molar-refractivity contribution >= 4 is 17.0 Å². The van der Waals surface area contributed by atoms with Crippen LogP contribution in [0.3, 0.4) is 0 Å². The summed E-state index contributed by atoms with van der Waals surface area (Å²) in [6.45, 7) is 9.68. The minimum absolute atomic E-state index is 0.0876. The van der Waals surface area contributed by atoms with E-state index in [2.05, 4.69) is 45.6 Å². The fraction of sp³-hybridized carbons (Fsp3) is 0.571. The summed E-state index contributed by atoms with van der Waals surface area (Å²) in [5.74, 6) is 0. The molecule has 27 heavy (non-hydrogen) atoms. The predicted octanol–water partition coefficient (Wildman–Crippen LogP) is 3.53. The van der Waals surface area contributed by atoms with Gasteiger partial charge in [-0.15, -0.1) is 11.3 Å². The molecule has 0 saturated carbocycles. The van der Waals surface area contributed by atoms with Gasteiger partial charge >= 0.3 is 0 Å². The second kappa shape index (κ2) is 8.69. The van der Waals surface area contributed by atoms with Crippen LogP contribution in [0.25, 0.3) is 0 Å². The highest BCUT2D eigenvalue weighted by molar-refractivity contribution is 7.09. The minimum atomic E-state index is 0.0876. The van der Waals surface area contributed by atoms with E-state index < -0.39 is 0 Å². The molecule has 0 radical (unpaired) electrons. The van der Waals surface area contributed by atoms with E-state index in [1.165, 1.54) is 35.5 Å². The van der Waals surface area contributed by atoms with E-state index in [4.69, 9.17) is 9.72 Å². The molecule has 1 aromatic heterocycles. The van der Waals surface area contributed by atoms with Gasteiger partial charge in [-0.1, -0.05) is 18.2 Å². The molecule has 1 saturated heterocycles. The van der Waals surface area contributed by atoms with Gasteiger partial charge in [-0.05, 0) is 44.0 Å². The lowest BCUT2D eigenvalue weighted by Gasteiger charge is -2.22. The second-order valence-electron chi connectivity index (χ2n) is 7.59. The van der Waals surface area contributed by atoms with Gasteiger partial charge in [0, 0.05) is 50.9 Å². The number of benzene rings is 1. The van der Waals surface area contributed by atoms with Crippen LogP contribution < -0.4 is 5.32 Å². The topological polar surface area (TPSA) is 40.6 Å². The number of methoxy groups -OCH3 is 1. The molecule has 2 aromatic rings. The summed E-state index contributed by atoms with van der Waals surface area (Å²) in [6.07, 6.45) is 2.46. The summed E-state index contributed by atoms with van der Waals surface area (Å²) in [6, 6.07) is 6.76. The van der Waals surface area contributed by atoms with Gasteiger partial charge < -0.3 is 10.1 Å². The first kappa shape index (κ1) is 18.9. The zero-order valence-electron chi connectivity index (χ0n) is 16.4. The molecule has 4 rings (SSSR count). The van der Waals surface area contributed by atoms with E-state index in [9.17, 15) is 0 Å². The number of nitrogens with one attached hydrogen (secondary N) is 1. The van der Waals surface area contributed by atoms with Crippen LogP contribution in [-0.4, -0.2) is 54.6 Å². The Morgan fingerprint density at radius 1 is 1.19 bits per heavy atom. The standard InChI is InChI=1S/C21H30N4OS/c1-16(26-2)21-23-19(15-27-21)14-25-10-4-9-24(11-12-25)13-18-6-3-5-17-7-8-22-20(17)18/h3,5-6,15-16,22H,4,7-14H2,1-2H3. The van der Waals surface area contributed by atoms with E-state index >= 15 is 0 Å². The van der Waals surface area contributed by atoms with E-state index in [1.54, 1.807) is 18.4 Å². The lowest BCUT2D eigenvalue weighted by molar-refractivity contribution is 0.119. The normalized spacial score (nSPS) is 19.5. The molecule has 1 aromatic carbocycles. The van der Waals surface area contributed by atoms with Crippen LogP contribution in [0.1, 0.15) is 41.3 Å². The number of rotatable bonds is 6. The average molecular weight is 387 g/mol. The molecule has 2 aliphatic heterocycles. The summed E-state index contributed by atoms with van der Waals surface area (Å²) in [7, 11) is 1.74. The van der Waals surface area contributed by atoms with E-state index in [1.807, 2.05) is 0 Å². The third kappa shape index (κ3) is 4.51. The number of para-hydroxylation sites is 1. The Hall–Kier alpha value is -1.47. The molecule has 1 fully saturated rings. The van der Waals surface area contributed by atoms with Gasteiger partial charge in [0.2, 0.25) is 0 Å². The van der Waals surface area contributed by atoms with Gasteiger partial charge in [-0.2, -0.15) is 0 Å². The SMILES string of the molecule is COC(C)c1nc(CN2CCCN(Cc3cccc4c3NCC4)CC2)cs1. The van der Waals surface area contributed by atoms with Crippen molar-refractivity contribution in [2.75, 3.05) is 45.2 Å². The van der Waals surface area contributed by atoms with Crippen molar-refractivity contribution in [2.24, 2.45) is 0 Å². The Morgan fingerprint density at radius 2 is 2.00 bits per heavy atom. The van der Waals surface area contributed by atoms with Crippen LogP contribution in [0.4, 0.5) is 5.69 Å². The van der Waals surface area contributed by atoms with E-state index in [-0.39, 0.29) is 6.10 Å². The van der Waals surface area contributed by atoms with Gasteiger partial charge in [0.25, 0.3) is 0 Å². The largest absolute Gasteiger partial charge is 0.384 e. The van der Waals surface area contributed by atoms with E-state index in [0.29, 0.717) is 0 Å². The molecule has 5 nitrogen and oxygen atoms in total. The first-order valence-corrected chi connectivity index (χ1v) is 10.9. The van der Waals surface area contributed by atoms with Crippen molar-refractivity contribution in [1.82, 2.24) is 14.8 Å². The van der Waals surface area contributed by atoms with Crippen LogP contribution in [0.5, 0.6) is 0 Å². The fourth-order valence-electron chi connectivity index (χ4n) is 4.04. The van der Waals surface area contributed by atoms with Crippen molar-refractivity contribution < 1.29 is 4.74 Å². The van der Waals surface area contributed by atoms with Crippen LogP contribution >= 0.6 is 11.3 Å². The molecular weight excluding hydrogens is 356 g/mol. The zero-order valence-corrected chi connectivity index (χ0v) is 17.2. The van der Waals surface area contributed by atoms with Crippen molar-refractivity contribution in [3.63, 3.8) is 0 Å². The summed E-state index contributed by atoms with van der Waals surface area (Å²) in [5.41, 5.74) is 5.50. The number of aromatic nitrogens is 1. The third-order valence-electron chi connectivity index (χ3n) is 5.66. The number of ether oxygens (including phenoxy) is 1. The number of thiazole rings is 1. The molecule has 2 aliphatic rings. The summed E-state index contributed by atoms with van der Waals surface area (Å²) in [5, 5.41) is 6.84. The molecular formula is C21H30N4OS. The highest BCUT2D eigenvalue weighted by Gasteiger charge is 2.19. The molecule has 6 heteroatoms. The van der Waals surface area contributed by atoms with Gasteiger partial charge in [0.15, 0.2) is 0 Å². The number of nitrogens with zero attached hydrogens (tertiary/aromatic N) is 3. The molecule has 0 amide bonds. The highest BCUT2D eigenvalue weighted by atomic mass is 32.1. The summed E-state index contributed by atoms with van der Waals surface area (Å²) < 4.78 is 5.38. The Morgan fingerprint density at radius 3 is 2.81 bits per heavy atom.